The number of benzene rings is 4. The molecule has 200 valence electrons. The summed E-state index contributed by atoms with van der Waals surface area (Å²) >= 11 is 9.52. The highest BCUT2D eigenvalue weighted by Gasteiger charge is 2.26. The number of carboxylic acid groups (broad SMARTS) is 1. The van der Waals surface area contributed by atoms with Gasteiger partial charge in [-0.1, -0.05) is 68.4 Å². The summed E-state index contributed by atoms with van der Waals surface area (Å²) in [6.07, 6.45) is 0.185. The second-order valence-electron chi connectivity index (χ2n) is 10.0. The molecule has 0 bridgehead atoms. The van der Waals surface area contributed by atoms with Crippen LogP contribution in [0.5, 0.6) is 5.75 Å². The molecule has 2 atom stereocenters. The third-order valence-electron chi connectivity index (χ3n) is 7.57. The van der Waals surface area contributed by atoms with Gasteiger partial charge in [-0.15, -0.1) is 11.3 Å². The maximum Gasteiger partial charge on any atom is 0.345 e. The number of carboxylic acids is 1. The van der Waals surface area contributed by atoms with E-state index in [2.05, 4.69) is 96.0 Å². The highest BCUT2D eigenvalue weighted by atomic mass is 79.9. The zero-order chi connectivity index (χ0) is 27.8. The van der Waals surface area contributed by atoms with E-state index in [1.807, 2.05) is 41.7 Å². The fraction of sp³-hybridized carbons (Fsp3) is 0.242. The lowest BCUT2D eigenvalue weighted by atomic mass is 9.89. The molecule has 1 N–H and O–H groups in total. The Morgan fingerprint density at radius 2 is 1.67 bits per heavy atom. The fourth-order valence-electron chi connectivity index (χ4n) is 5.15. The number of rotatable bonds is 8. The van der Waals surface area contributed by atoms with Gasteiger partial charge in [-0.05, 0) is 109 Å². The van der Waals surface area contributed by atoms with Crippen LogP contribution >= 0.6 is 43.2 Å². The number of thiophene rings is 1. The van der Waals surface area contributed by atoms with Crippen molar-refractivity contribution in [3.8, 4) is 16.9 Å². The molecule has 5 rings (SSSR count). The van der Waals surface area contributed by atoms with E-state index in [-0.39, 0.29) is 12.3 Å². The van der Waals surface area contributed by atoms with Crippen molar-refractivity contribution in [1.29, 1.82) is 0 Å². The largest absolute Gasteiger partial charge is 0.478 e. The van der Waals surface area contributed by atoms with Crippen molar-refractivity contribution in [1.82, 2.24) is 0 Å². The Kier molecular flexibility index (Phi) is 8.18. The summed E-state index contributed by atoms with van der Waals surface area (Å²) in [6, 6.07) is 22.4. The zero-order valence-electron chi connectivity index (χ0n) is 22.3. The SMILES string of the molecule is CCC(C)c1cc(-c2c3ccccc3c(Br)c3sc(C)c(C)c23)cc(Br)c1O[C@H](Cc1ccccc1)C(=O)O. The molecule has 0 aliphatic heterocycles. The molecule has 0 radical (unpaired) electrons. The molecule has 4 aromatic carbocycles. The fourth-order valence-corrected chi connectivity index (χ4v) is 7.63. The summed E-state index contributed by atoms with van der Waals surface area (Å²) in [6.45, 7) is 8.69. The molecule has 0 spiro atoms. The summed E-state index contributed by atoms with van der Waals surface area (Å²) in [5, 5.41) is 13.7. The summed E-state index contributed by atoms with van der Waals surface area (Å²) in [4.78, 5) is 13.6. The normalized spacial score (nSPS) is 13.1. The molecule has 5 aromatic rings. The molecule has 39 heavy (non-hydrogen) atoms. The number of ether oxygens (including phenoxy) is 1. The van der Waals surface area contributed by atoms with Crippen LogP contribution < -0.4 is 4.74 Å². The lowest BCUT2D eigenvalue weighted by molar-refractivity contribution is -0.145. The van der Waals surface area contributed by atoms with Crippen molar-refractivity contribution < 1.29 is 14.6 Å². The summed E-state index contributed by atoms with van der Waals surface area (Å²) in [7, 11) is 0. The van der Waals surface area contributed by atoms with Crippen LogP contribution in [-0.2, 0) is 11.2 Å². The average molecular weight is 666 g/mol. The highest BCUT2D eigenvalue weighted by Crippen LogP contribution is 2.49. The van der Waals surface area contributed by atoms with Crippen LogP contribution in [0, 0.1) is 13.8 Å². The average Bonchev–Trinajstić information content (AvgIpc) is 3.23. The van der Waals surface area contributed by atoms with Crippen LogP contribution in [-0.4, -0.2) is 17.2 Å². The minimum atomic E-state index is -1.00. The Balaban J connectivity index is 1.72. The van der Waals surface area contributed by atoms with E-state index in [0.717, 1.165) is 32.1 Å². The van der Waals surface area contributed by atoms with Crippen LogP contribution in [0.25, 0.3) is 32.0 Å². The van der Waals surface area contributed by atoms with Crippen LogP contribution in [0.4, 0.5) is 0 Å². The molecule has 0 saturated carbocycles. The molecule has 0 amide bonds. The van der Waals surface area contributed by atoms with Gasteiger partial charge < -0.3 is 9.84 Å². The second kappa shape index (κ2) is 11.4. The first-order chi connectivity index (χ1) is 18.7. The Hall–Kier alpha value is -2.67. The Morgan fingerprint density at radius 3 is 2.33 bits per heavy atom. The van der Waals surface area contributed by atoms with Gasteiger partial charge in [-0.2, -0.15) is 0 Å². The number of halogens is 2. The highest BCUT2D eigenvalue weighted by molar-refractivity contribution is 9.11. The molecule has 1 unspecified atom stereocenters. The van der Waals surface area contributed by atoms with E-state index in [1.54, 1.807) is 0 Å². The third kappa shape index (κ3) is 5.27. The first-order valence-electron chi connectivity index (χ1n) is 13.1. The van der Waals surface area contributed by atoms with Crippen LogP contribution in [0.3, 0.4) is 0 Å². The van der Waals surface area contributed by atoms with Crippen molar-refractivity contribution in [3.63, 3.8) is 0 Å². The number of carbonyl (C=O) groups is 1. The van der Waals surface area contributed by atoms with Gasteiger partial charge >= 0.3 is 5.97 Å². The van der Waals surface area contributed by atoms with Gasteiger partial charge in [0.15, 0.2) is 6.10 Å². The minimum Gasteiger partial charge on any atom is -0.478 e. The molecule has 0 aliphatic rings. The van der Waals surface area contributed by atoms with Gasteiger partial charge in [-0.25, -0.2) is 4.79 Å². The van der Waals surface area contributed by atoms with Crippen molar-refractivity contribution >= 4 is 70.0 Å². The van der Waals surface area contributed by atoms with Crippen molar-refractivity contribution in [2.45, 2.75) is 52.6 Å². The molecule has 6 heteroatoms. The predicted octanol–water partition coefficient (Wildman–Crippen LogP) is 10.5. The van der Waals surface area contributed by atoms with E-state index in [4.69, 9.17) is 4.74 Å². The van der Waals surface area contributed by atoms with Crippen LogP contribution in [0.1, 0.15) is 47.8 Å². The van der Waals surface area contributed by atoms with Gasteiger partial charge in [0.05, 0.1) is 9.17 Å². The number of aliphatic carboxylic acids is 1. The maximum absolute atomic E-state index is 12.3. The standard InChI is InChI=1S/C33H30Br2O3S/c1-5-18(2)25-16-22(17-26(34)31(25)38-27(33(36)37)15-21-11-7-6-8-12-21)29-23-13-9-10-14-24(23)30(35)32-28(29)19(3)20(4)39-32/h6-14,16-18,27H,5,15H2,1-4H3,(H,36,37)/t18?,27-/m1/s1. The lowest BCUT2D eigenvalue weighted by Gasteiger charge is -2.23. The van der Waals surface area contributed by atoms with E-state index < -0.39 is 12.1 Å². The van der Waals surface area contributed by atoms with Crippen molar-refractivity contribution in [2.75, 3.05) is 0 Å². The molecule has 3 nitrogen and oxygen atoms in total. The molecule has 0 fully saturated rings. The number of hydrogen-bond acceptors (Lipinski definition) is 3. The number of hydrogen-bond donors (Lipinski definition) is 1. The maximum atomic E-state index is 12.3. The molecule has 0 saturated heterocycles. The van der Waals surface area contributed by atoms with Gasteiger partial charge in [0.2, 0.25) is 0 Å². The summed E-state index contributed by atoms with van der Waals surface area (Å²) in [5.41, 5.74) is 5.50. The van der Waals surface area contributed by atoms with Gasteiger partial charge in [0, 0.05) is 21.2 Å². The molecule has 1 heterocycles. The zero-order valence-corrected chi connectivity index (χ0v) is 26.3. The lowest BCUT2D eigenvalue weighted by Crippen LogP contribution is -2.30. The third-order valence-corrected chi connectivity index (χ3v) is 10.5. The first kappa shape index (κ1) is 27.9. The molecule has 1 aromatic heterocycles. The number of aryl methyl sites for hydroxylation is 2. The first-order valence-corrected chi connectivity index (χ1v) is 15.5. The predicted molar refractivity (Wildman–Crippen MR) is 171 cm³/mol. The van der Waals surface area contributed by atoms with Gasteiger partial charge in [0.25, 0.3) is 0 Å². The van der Waals surface area contributed by atoms with Gasteiger partial charge in [-0.3, -0.25) is 0 Å². The van der Waals surface area contributed by atoms with E-state index in [9.17, 15) is 9.90 Å². The van der Waals surface area contributed by atoms with Crippen molar-refractivity contribution in [3.05, 3.63) is 97.2 Å². The van der Waals surface area contributed by atoms with Crippen molar-refractivity contribution in [2.24, 2.45) is 0 Å². The second-order valence-corrected chi connectivity index (χ2v) is 12.9. The Labute approximate surface area is 250 Å². The monoisotopic (exact) mass is 664 g/mol. The summed E-state index contributed by atoms with van der Waals surface area (Å²) < 4.78 is 9.46. The number of fused-ring (bicyclic) bond motifs is 2. The van der Waals surface area contributed by atoms with E-state index >= 15 is 0 Å². The van der Waals surface area contributed by atoms with Gasteiger partial charge in [0.1, 0.15) is 5.75 Å². The smallest absolute Gasteiger partial charge is 0.345 e. The summed E-state index contributed by atoms with van der Waals surface area (Å²) in [5.74, 6) is -0.202. The molecular weight excluding hydrogens is 636 g/mol. The Bertz CT molecular complexity index is 1690. The van der Waals surface area contributed by atoms with E-state index in [0.29, 0.717) is 5.75 Å². The molecule has 0 aliphatic carbocycles. The molecular formula is C33H30Br2O3S. The topological polar surface area (TPSA) is 46.5 Å². The quantitative estimate of drug-likeness (QED) is 0.179. The van der Waals surface area contributed by atoms with Crippen LogP contribution in [0.15, 0.2) is 75.7 Å². The minimum absolute atomic E-state index is 0.171. The van der Waals surface area contributed by atoms with Crippen LogP contribution in [0.2, 0.25) is 0 Å². The Morgan fingerprint density at radius 1 is 1.00 bits per heavy atom. The van der Waals surface area contributed by atoms with E-state index in [1.165, 1.54) is 36.9 Å².